The third kappa shape index (κ3) is 6.70. The zero-order valence-corrected chi connectivity index (χ0v) is 20.4. The van der Waals surface area contributed by atoms with Gasteiger partial charge in [0.2, 0.25) is 0 Å². The number of aromatic nitrogens is 3. The van der Waals surface area contributed by atoms with Crippen molar-refractivity contribution < 1.29 is 23.8 Å². The summed E-state index contributed by atoms with van der Waals surface area (Å²) < 4.78 is 20.3. The van der Waals surface area contributed by atoms with Gasteiger partial charge in [0, 0.05) is 41.6 Å². The smallest absolute Gasteiger partial charge is 0.313 e. The average molecular weight is 480 g/mol. The van der Waals surface area contributed by atoms with Gasteiger partial charge in [0.05, 0.1) is 24.1 Å². The predicted octanol–water partition coefficient (Wildman–Crippen LogP) is 4.79. The fourth-order valence-corrected chi connectivity index (χ4v) is 3.63. The van der Waals surface area contributed by atoms with Gasteiger partial charge in [-0.25, -0.2) is 9.37 Å². The van der Waals surface area contributed by atoms with E-state index >= 15 is 0 Å². The number of hydrogen-bond acceptors (Lipinski definition) is 6. The molecule has 0 aliphatic rings. The van der Waals surface area contributed by atoms with Gasteiger partial charge in [-0.1, -0.05) is 20.8 Å². The van der Waals surface area contributed by atoms with Crippen LogP contribution in [0.2, 0.25) is 0 Å². The summed E-state index contributed by atoms with van der Waals surface area (Å²) in [4.78, 5) is 32.7. The molecule has 2 aromatic heterocycles. The molecule has 0 radical (unpaired) electrons. The molecule has 0 saturated carbocycles. The monoisotopic (exact) mass is 479 g/mol. The number of rotatable bonds is 9. The van der Waals surface area contributed by atoms with Crippen LogP contribution in [0.25, 0.3) is 28.7 Å². The van der Waals surface area contributed by atoms with Crippen molar-refractivity contribution in [2.75, 3.05) is 6.61 Å². The first kappa shape index (κ1) is 26.0. The van der Waals surface area contributed by atoms with Crippen molar-refractivity contribution in [2.24, 2.45) is 0 Å². The molecule has 8 heteroatoms. The van der Waals surface area contributed by atoms with E-state index in [0.29, 0.717) is 11.5 Å². The highest BCUT2D eigenvalue weighted by molar-refractivity contribution is 5.95. The summed E-state index contributed by atoms with van der Waals surface area (Å²) in [6.45, 7) is 7.91. The minimum absolute atomic E-state index is 0.193. The van der Waals surface area contributed by atoms with E-state index in [0.717, 1.165) is 16.8 Å². The summed E-state index contributed by atoms with van der Waals surface area (Å²) in [5.41, 5.74) is 2.58. The molecule has 0 saturated heterocycles. The summed E-state index contributed by atoms with van der Waals surface area (Å²) in [6.07, 6.45) is 4.82. The van der Waals surface area contributed by atoms with E-state index in [4.69, 9.17) is 9.72 Å². The van der Waals surface area contributed by atoms with Crippen LogP contribution in [-0.4, -0.2) is 44.1 Å². The number of nitrogens with zero attached hydrogens (tertiary/aromatic N) is 3. The van der Waals surface area contributed by atoms with Crippen LogP contribution in [0.15, 0.2) is 54.9 Å². The fourth-order valence-electron chi connectivity index (χ4n) is 3.63. The number of benzene rings is 1. The maximum Gasteiger partial charge on any atom is 0.313 e. The van der Waals surface area contributed by atoms with E-state index in [-0.39, 0.29) is 30.7 Å². The lowest BCUT2D eigenvalue weighted by Crippen LogP contribution is -2.18. The van der Waals surface area contributed by atoms with Crippen LogP contribution in [-0.2, 0) is 19.7 Å². The number of carbonyl (C=O) groups excluding carboxylic acids is 2. The zero-order valence-electron chi connectivity index (χ0n) is 20.4. The fraction of sp³-hybridized carbons (Fsp3) is 0.333. The second-order valence-corrected chi connectivity index (χ2v) is 9.13. The Labute approximate surface area is 204 Å². The summed E-state index contributed by atoms with van der Waals surface area (Å²) >= 11 is 0. The molecule has 35 heavy (non-hydrogen) atoms. The van der Waals surface area contributed by atoms with Crippen molar-refractivity contribution in [3.05, 3.63) is 66.5 Å². The number of imidazole rings is 1. The number of carbonyl (C=O) groups is 2. The number of esters is 1. The second-order valence-electron chi connectivity index (χ2n) is 9.13. The zero-order chi connectivity index (χ0) is 25.6. The SMILES string of the molecule is CCOC(=O)CC(=O)CC(O)/C=C/n1c(C(C)(C)C)nc(-c2ccc(F)cc2)c1-c1ccncc1. The molecule has 0 spiro atoms. The number of Topliss-reactive ketones (excluding diaryl/α,β-unsaturated/α-hetero) is 1. The van der Waals surface area contributed by atoms with Gasteiger partial charge in [0.1, 0.15) is 23.8 Å². The summed E-state index contributed by atoms with van der Waals surface area (Å²) in [5.74, 6) is -0.652. The molecule has 7 nitrogen and oxygen atoms in total. The lowest BCUT2D eigenvalue weighted by atomic mass is 9.95. The molecule has 184 valence electrons. The van der Waals surface area contributed by atoms with Crippen molar-refractivity contribution in [3.63, 3.8) is 0 Å². The van der Waals surface area contributed by atoms with Gasteiger partial charge < -0.3 is 14.4 Å². The second kappa shape index (κ2) is 11.2. The summed E-state index contributed by atoms with van der Waals surface area (Å²) in [5, 5.41) is 10.5. The Balaban J connectivity index is 2.04. The Morgan fingerprint density at radius 3 is 2.37 bits per heavy atom. The molecule has 0 bridgehead atoms. The summed E-state index contributed by atoms with van der Waals surface area (Å²) in [6, 6.07) is 9.81. The number of halogens is 1. The lowest BCUT2D eigenvalue weighted by Gasteiger charge is -2.19. The van der Waals surface area contributed by atoms with Crippen LogP contribution in [0.4, 0.5) is 4.39 Å². The molecule has 2 heterocycles. The highest BCUT2D eigenvalue weighted by atomic mass is 19.1. The highest BCUT2D eigenvalue weighted by Crippen LogP contribution is 2.36. The Morgan fingerprint density at radius 2 is 1.77 bits per heavy atom. The molecule has 1 N–H and O–H groups in total. The molecular formula is C27H30FN3O4. The van der Waals surface area contributed by atoms with Crippen molar-refractivity contribution in [3.8, 4) is 22.5 Å². The number of ether oxygens (including phenoxy) is 1. The van der Waals surface area contributed by atoms with Crippen molar-refractivity contribution in [1.29, 1.82) is 0 Å². The first-order valence-corrected chi connectivity index (χ1v) is 11.4. The van der Waals surface area contributed by atoms with Crippen molar-refractivity contribution in [2.45, 2.75) is 52.1 Å². The van der Waals surface area contributed by atoms with Crippen molar-refractivity contribution >= 4 is 18.0 Å². The molecule has 1 aromatic carbocycles. The van der Waals surface area contributed by atoms with E-state index in [1.54, 1.807) is 37.7 Å². The van der Waals surface area contributed by atoms with Crippen LogP contribution in [0.1, 0.15) is 46.4 Å². The average Bonchev–Trinajstić information content (AvgIpc) is 3.19. The van der Waals surface area contributed by atoms with Gasteiger partial charge in [-0.3, -0.25) is 14.6 Å². The third-order valence-corrected chi connectivity index (χ3v) is 5.19. The van der Waals surface area contributed by atoms with Crippen LogP contribution >= 0.6 is 0 Å². The maximum atomic E-state index is 13.6. The van der Waals surface area contributed by atoms with E-state index in [2.05, 4.69) is 4.98 Å². The third-order valence-electron chi connectivity index (χ3n) is 5.19. The molecule has 1 unspecified atom stereocenters. The normalized spacial score (nSPS) is 12.6. The predicted molar refractivity (Wildman–Crippen MR) is 132 cm³/mol. The van der Waals surface area contributed by atoms with Crippen LogP contribution in [0.5, 0.6) is 0 Å². The van der Waals surface area contributed by atoms with E-state index in [9.17, 15) is 19.1 Å². The summed E-state index contributed by atoms with van der Waals surface area (Å²) in [7, 11) is 0. The van der Waals surface area contributed by atoms with Gasteiger partial charge >= 0.3 is 5.97 Å². The van der Waals surface area contributed by atoms with Gasteiger partial charge in [0.15, 0.2) is 0 Å². The first-order chi connectivity index (χ1) is 16.6. The largest absolute Gasteiger partial charge is 0.466 e. The number of ketones is 1. The Morgan fingerprint density at radius 1 is 1.11 bits per heavy atom. The number of hydrogen-bond donors (Lipinski definition) is 1. The molecule has 0 aliphatic carbocycles. The number of aliphatic hydroxyl groups is 1. The van der Waals surface area contributed by atoms with Gasteiger partial charge in [-0.2, -0.15) is 0 Å². The van der Waals surface area contributed by atoms with Crippen LogP contribution in [0.3, 0.4) is 0 Å². The molecule has 0 fully saturated rings. The Kier molecular flexibility index (Phi) is 8.30. The number of aliphatic hydroxyl groups excluding tert-OH is 1. The lowest BCUT2D eigenvalue weighted by molar-refractivity contribution is -0.145. The number of pyridine rings is 1. The van der Waals surface area contributed by atoms with Gasteiger partial charge in [-0.15, -0.1) is 0 Å². The molecule has 1 atom stereocenters. The van der Waals surface area contributed by atoms with E-state index in [1.165, 1.54) is 18.2 Å². The minimum Gasteiger partial charge on any atom is -0.466 e. The topological polar surface area (TPSA) is 94.3 Å². The molecule has 0 aliphatic heterocycles. The van der Waals surface area contributed by atoms with E-state index in [1.807, 2.05) is 37.5 Å². The maximum absolute atomic E-state index is 13.6. The van der Waals surface area contributed by atoms with Gasteiger partial charge in [0.25, 0.3) is 0 Å². The highest BCUT2D eigenvalue weighted by Gasteiger charge is 2.27. The first-order valence-electron chi connectivity index (χ1n) is 11.4. The van der Waals surface area contributed by atoms with Crippen molar-refractivity contribution in [1.82, 2.24) is 14.5 Å². The Hall–Kier alpha value is -3.65. The quantitative estimate of drug-likeness (QED) is 0.350. The molecule has 3 rings (SSSR count). The van der Waals surface area contributed by atoms with E-state index < -0.39 is 17.9 Å². The van der Waals surface area contributed by atoms with Crippen LogP contribution in [0, 0.1) is 5.82 Å². The minimum atomic E-state index is -1.10. The van der Waals surface area contributed by atoms with Gasteiger partial charge in [-0.05, 0) is 49.4 Å². The standard InChI is InChI=1S/C27H30FN3O4/c1-5-35-23(34)17-22(33)16-21(32)12-15-31-25(19-10-13-29-14-11-19)24(30-26(31)27(2,3)4)18-6-8-20(28)9-7-18/h6-15,21,32H,5,16-17H2,1-4H3/b15-12+. The molecule has 3 aromatic rings. The Bertz CT molecular complexity index is 1200. The molecule has 0 amide bonds. The van der Waals surface area contributed by atoms with Crippen LogP contribution < -0.4 is 0 Å². The molecular weight excluding hydrogens is 449 g/mol.